The number of halogens is 5. The lowest BCUT2D eigenvalue weighted by molar-refractivity contribution is -0.391. The zero-order valence-corrected chi connectivity index (χ0v) is 8.75. The van der Waals surface area contributed by atoms with Crippen LogP contribution in [0.5, 0.6) is 5.88 Å². The summed E-state index contributed by atoms with van der Waals surface area (Å²) < 4.78 is 52.2. The molecular weight excluding hydrogens is 288 g/mol. The molecule has 0 bridgehead atoms. The molecule has 0 aliphatic rings. The predicted molar refractivity (Wildman–Crippen MR) is 47.7 cm³/mol. The Bertz CT molecular complexity index is 519. The number of pyridine rings is 1. The van der Waals surface area contributed by atoms with E-state index in [9.17, 15) is 32.5 Å². The number of nitrogens with zero attached hydrogens (tertiary/aromatic N) is 2. The van der Waals surface area contributed by atoms with Crippen molar-refractivity contribution >= 4 is 22.5 Å². The van der Waals surface area contributed by atoms with Crippen molar-refractivity contribution in [3.05, 3.63) is 27.7 Å². The molecule has 11 heteroatoms. The molecule has 0 radical (unpaired) electrons. The van der Waals surface area contributed by atoms with Crippen LogP contribution in [0.1, 0.15) is 10.4 Å². The summed E-state index contributed by atoms with van der Waals surface area (Å²) in [5.41, 5.74) is -2.75. The van der Waals surface area contributed by atoms with Crippen molar-refractivity contribution in [2.75, 3.05) is 0 Å². The van der Waals surface area contributed by atoms with Crippen LogP contribution in [0.2, 0.25) is 0 Å². The van der Waals surface area contributed by atoms with E-state index in [4.69, 9.17) is 11.6 Å². The van der Waals surface area contributed by atoms with Crippen LogP contribution in [0, 0.1) is 15.9 Å². The highest BCUT2D eigenvalue weighted by Gasteiger charge is 2.38. The van der Waals surface area contributed by atoms with Gasteiger partial charge in [-0.05, 0) is 11.6 Å². The predicted octanol–water partition coefficient (Wildman–Crippen LogP) is 2.41. The highest BCUT2D eigenvalue weighted by molar-refractivity contribution is 6.67. The first-order valence-electron chi connectivity index (χ1n) is 3.92. The fourth-order valence-electron chi connectivity index (χ4n) is 0.942. The number of nitro groups is 1. The number of aromatic nitrogens is 1. The van der Waals surface area contributed by atoms with E-state index in [2.05, 4.69) is 9.72 Å². The van der Waals surface area contributed by atoms with Gasteiger partial charge < -0.3 is 4.74 Å². The summed E-state index contributed by atoms with van der Waals surface area (Å²) in [5, 5.41) is 8.98. The van der Waals surface area contributed by atoms with Gasteiger partial charge in [-0.25, -0.2) is 4.98 Å². The molecule has 0 spiro atoms. The molecule has 18 heavy (non-hydrogen) atoms. The molecule has 1 aromatic rings. The van der Waals surface area contributed by atoms with Gasteiger partial charge in [0.15, 0.2) is 0 Å². The average Bonchev–Trinajstić information content (AvgIpc) is 2.13. The largest absolute Gasteiger partial charge is 0.574 e. The highest BCUT2D eigenvalue weighted by Crippen LogP contribution is 2.33. The van der Waals surface area contributed by atoms with Crippen molar-refractivity contribution in [3.8, 4) is 5.88 Å². The highest BCUT2D eigenvalue weighted by atomic mass is 35.5. The minimum Gasteiger partial charge on any atom is -0.380 e. The lowest BCUT2D eigenvalue weighted by Crippen LogP contribution is -2.19. The number of rotatable bonds is 3. The van der Waals surface area contributed by atoms with Gasteiger partial charge in [-0.1, -0.05) is 0 Å². The number of carbonyl (C=O) groups excluding carboxylic acids is 1. The van der Waals surface area contributed by atoms with E-state index in [0.717, 1.165) is 0 Å². The van der Waals surface area contributed by atoms with Crippen LogP contribution in [0.15, 0.2) is 6.20 Å². The molecule has 0 aliphatic heterocycles. The molecule has 0 amide bonds. The summed E-state index contributed by atoms with van der Waals surface area (Å²) in [5.74, 6) is -3.47. The molecule has 1 aromatic heterocycles. The Morgan fingerprint density at radius 2 is 2.06 bits per heavy atom. The Balaban J connectivity index is 3.42. The lowest BCUT2D eigenvalue weighted by Gasteiger charge is -2.08. The molecule has 0 unspecified atom stereocenters. The third-order valence-corrected chi connectivity index (χ3v) is 1.77. The van der Waals surface area contributed by atoms with Crippen molar-refractivity contribution in [3.63, 3.8) is 0 Å². The van der Waals surface area contributed by atoms with Gasteiger partial charge in [-0.3, -0.25) is 14.9 Å². The van der Waals surface area contributed by atoms with Crippen LogP contribution in [0.3, 0.4) is 0 Å². The first-order chi connectivity index (χ1) is 8.13. The smallest absolute Gasteiger partial charge is 0.380 e. The molecule has 1 heterocycles. The van der Waals surface area contributed by atoms with E-state index >= 15 is 0 Å². The van der Waals surface area contributed by atoms with Gasteiger partial charge in [0.2, 0.25) is 5.82 Å². The zero-order chi connectivity index (χ0) is 14.1. The first kappa shape index (κ1) is 14.1. The molecular formula is C7HClF4N2O4. The van der Waals surface area contributed by atoms with Gasteiger partial charge in [0.1, 0.15) is 0 Å². The first-order valence-corrected chi connectivity index (χ1v) is 4.29. The second-order valence-electron chi connectivity index (χ2n) is 2.72. The summed E-state index contributed by atoms with van der Waals surface area (Å²) in [6.45, 7) is 0. The second-order valence-corrected chi connectivity index (χ2v) is 3.06. The number of hydrogen-bond donors (Lipinski definition) is 0. The maximum atomic E-state index is 13.4. The van der Waals surface area contributed by atoms with Gasteiger partial charge in [-0.15, -0.1) is 13.2 Å². The van der Waals surface area contributed by atoms with Crippen LogP contribution in [0.4, 0.5) is 23.2 Å². The molecule has 0 aliphatic carbocycles. The van der Waals surface area contributed by atoms with Gasteiger partial charge in [0.05, 0.1) is 10.5 Å². The molecule has 0 aromatic carbocycles. The molecule has 0 saturated heterocycles. The number of carbonyl (C=O) groups is 1. The van der Waals surface area contributed by atoms with Crippen LogP contribution < -0.4 is 4.74 Å². The van der Waals surface area contributed by atoms with E-state index in [1.54, 1.807) is 0 Å². The summed E-state index contributed by atoms with van der Waals surface area (Å²) in [6, 6.07) is 0. The Labute approximate surface area is 100 Å². The van der Waals surface area contributed by atoms with Crippen molar-refractivity contribution in [2.24, 2.45) is 0 Å². The fourth-order valence-corrected chi connectivity index (χ4v) is 1.07. The summed E-state index contributed by atoms with van der Waals surface area (Å²) in [7, 11) is 0. The Morgan fingerprint density at radius 3 is 2.44 bits per heavy atom. The maximum absolute atomic E-state index is 13.4. The van der Waals surface area contributed by atoms with Crippen molar-refractivity contribution in [1.29, 1.82) is 0 Å². The number of hydrogen-bond acceptors (Lipinski definition) is 5. The summed E-state index contributed by atoms with van der Waals surface area (Å²) in [4.78, 5) is 22.4. The Hall–Kier alpha value is -1.97. The van der Waals surface area contributed by atoms with E-state index in [-0.39, 0.29) is 0 Å². The average molecular weight is 289 g/mol. The fraction of sp³-hybridized carbons (Fsp3) is 0.143. The summed E-state index contributed by atoms with van der Waals surface area (Å²) in [6.07, 6.45) is -4.99. The zero-order valence-electron chi connectivity index (χ0n) is 7.99. The second kappa shape index (κ2) is 4.72. The molecule has 0 saturated carbocycles. The maximum Gasteiger partial charge on any atom is 0.574 e. The van der Waals surface area contributed by atoms with Crippen LogP contribution in [0.25, 0.3) is 0 Å². The van der Waals surface area contributed by atoms with Crippen LogP contribution in [-0.4, -0.2) is 21.5 Å². The van der Waals surface area contributed by atoms with Crippen molar-refractivity contribution in [2.45, 2.75) is 6.36 Å². The van der Waals surface area contributed by atoms with E-state index in [1.165, 1.54) is 0 Å². The molecule has 6 nitrogen and oxygen atoms in total. The molecule has 0 atom stereocenters. The van der Waals surface area contributed by atoms with Gasteiger partial charge in [0.25, 0.3) is 5.24 Å². The topological polar surface area (TPSA) is 82.3 Å². The standard InChI is InChI=1S/C7HClF4N2O4/c8-5(15)2-1-13-6(18-7(10,11)12)4(3(2)9)14(16)17/h1H. The third kappa shape index (κ3) is 3.03. The Kier molecular flexibility index (Phi) is 3.70. The van der Waals surface area contributed by atoms with Gasteiger partial charge in [0, 0.05) is 6.20 Å². The van der Waals surface area contributed by atoms with Gasteiger partial charge >= 0.3 is 17.9 Å². The monoisotopic (exact) mass is 288 g/mol. The molecule has 98 valence electrons. The van der Waals surface area contributed by atoms with Crippen LogP contribution in [-0.2, 0) is 0 Å². The van der Waals surface area contributed by atoms with E-state index < -0.39 is 39.5 Å². The van der Waals surface area contributed by atoms with Crippen LogP contribution >= 0.6 is 11.6 Å². The minimum absolute atomic E-state index is 0.304. The normalized spacial score (nSPS) is 11.2. The molecule has 0 N–H and O–H groups in total. The van der Waals surface area contributed by atoms with E-state index in [1.807, 2.05) is 0 Å². The summed E-state index contributed by atoms with van der Waals surface area (Å²) >= 11 is 4.87. The lowest BCUT2D eigenvalue weighted by atomic mass is 10.2. The minimum atomic E-state index is -5.29. The quantitative estimate of drug-likeness (QED) is 0.369. The van der Waals surface area contributed by atoms with Crippen molar-refractivity contribution in [1.82, 2.24) is 4.98 Å². The molecule has 1 rings (SSSR count). The number of alkyl halides is 3. The Morgan fingerprint density at radius 1 is 1.50 bits per heavy atom. The van der Waals surface area contributed by atoms with Gasteiger partial charge in [-0.2, -0.15) is 4.39 Å². The van der Waals surface area contributed by atoms with E-state index in [0.29, 0.717) is 6.20 Å². The number of ether oxygens (including phenoxy) is 1. The molecule has 0 fully saturated rings. The third-order valence-electron chi connectivity index (χ3n) is 1.56. The SMILES string of the molecule is O=C(Cl)c1cnc(OC(F)(F)F)c([N+](=O)[O-])c1F. The van der Waals surface area contributed by atoms with Crippen molar-refractivity contribution < 1.29 is 32.0 Å².